The van der Waals surface area contributed by atoms with E-state index in [2.05, 4.69) is 15.5 Å². The van der Waals surface area contributed by atoms with Gasteiger partial charge in [0.1, 0.15) is 5.69 Å². The zero-order chi connectivity index (χ0) is 13.4. The smallest absolute Gasteiger partial charge is 0.353 e. The number of carbonyl (C=O) groups excluding carboxylic acids is 1. The molecule has 1 amide bonds. The molecule has 2 heterocycles. The van der Waals surface area contributed by atoms with Crippen LogP contribution in [-0.2, 0) is 4.79 Å². The average molecular weight is 259 g/mol. The second-order valence-electron chi connectivity index (χ2n) is 3.99. The second-order valence-corrected chi connectivity index (χ2v) is 3.99. The van der Waals surface area contributed by atoms with Gasteiger partial charge in [-0.1, -0.05) is 6.07 Å². The van der Waals surface area contributed by atoms with Crippen molar-refractivity contribution in [2.24, 2.45) is 0 Å². The van der Waals surface area contributed by atoms with Crippen LogP contribution in [0, 0.1) is 0 Å². The molecule has 96 valence electrons. The van der Waals surface area contributed by atoms with E-state index in [1.165, 1.54) is 6.07 Å². The zero-order valence-electron chi connectivity index (χ0n) is 9.64. The molecule has 7 heteroatoms. The van der Waals surface area contributed by atoms with E-state index in [1.807, 2.05) is 0 Å². The first-order chi connectivity index (χ1) is 9.15. The highest BCUT2D eigenvalue weighted by Gasteiger charge is 2.21. The van der Waals surface area contributed by atoms with E-state index >= 15 is 0 Å². The van der Waals surface area contributed by atoms with Crippen molar-refractivity contribution < 1.29 is 19.4 Å². The fraction of sp³-hybridized carbons (Fsp3) is 0.0833. The number of aromatic carboxylic acids is 1. The van der Waals surface area contributed by atoms with Gasteiger partial charge < -0.3 is 15.2 Å². The summed E-state index contributed by atoms with van der Waals surface area (Å²) in [5.74, 6) is -0.818. The normalized spacial score (nSPS) is 13.4. The van der Waals surface area contributed by atoms with E-state index < -0.39 is 5.97 Å². The fourth-order valence-electron chi connectivity index (χ4n) is 1.89. The Morgan fingerprint density at radius 1 is 1.42 bits per heavy atom. The van der Waals surface area contributed by atoms with Crippen LogP contribution >= 0.6 is 0 Å². The van der Waals surface area contributed by atoms with Crippen molar-refractivity contribution in [3.8, 4) is 17.0 Å². The maximum absolute atomic E-state index is 11.2. The highest BCUT2D eigenvalue weighted by Crippen LogP contribution is 2.37. The van der Waals surface area contributed by atoms with Crippen LogP contribution in [0.5, 0.6) is 5.75 Å². The highest BCUT2D eigenvalue weighted by atomic mass is 16.5. The molecule has 0 spiro atoms. The molecule has 0 fully saturated rings. The Morgan fingerprint density at radius 3 is 3.00 bits per heavy atom. The van der Waals surface area contributed by atoms with Crippen LogP contribution in [0.3, 0.4) is 0 Å². The number of hydrogen-bond donors (Lipinski definition) is 3. The molecular weight excluding hydrogens is 250 g/mol. The van der Waals surface area contributed by atoms with Crippen LogP contribution < -0.4 is 10.1 Å². The van der Waals surface area contributed by atoms with Crippen molar-refractivity contribution in [1.29, 1.82) is 0 Å². The number of para-hydroxylation sites is 1. The number of anilines is 1. The van der Waals surface area contributed by atoms with E-state index in [9.17, 15) is 9.59 Å². The zero-order valence-corrected chi connectivity index (χ0v) is 9.64. The molecule has 0 atom stereocenters. The molecule has 3 rings (SSSR count). The summed E-state index contributed by atoms with van der Waals surface area (Å²) in [5.41, 5.74) is 1.62. The van der Waals surface area contributed by atoms with Gasteiger partial charge in [0.15, 0.2) is 12.4 Å². The summed E-state index contributed by atoms with van der Waals surface area (Å²) in [7, 11) is 0. The van der Waals surface area contributed by atoms with Gasteiger partial charge in [0.2, 0.25) is 0 Å². The molecule has 3 N–H and O–H groups in total. The minimum atomic E-state index is -1.09. The van der Waals surface area contributed by atoms with E-state index in [1.54, 1.807) is 18.2 Å². The van der Waals surface area contributed by atoms with Crippen LogP contribution in [0.15, 0.2) is 24.3 Å². The number of nitrogens with one attached hydrogen (secondary N) is 2. The Bertz CT molecular complexity index is 677. The molecule has 19 heavy (non-hydrogen) atoms. The number of hydrogen-bond acceptors (Lipinski definition) is 4. The van der Waals surface area contributed by atoms with Crippen molar-refractivity contribution in [3.63, 3.8) is 0 Å². The van der Waals surface area contributed by atoms with Gasteiger partial charge in [-0.15, -0.1) is 0 Å². The van der Waals surface area contributed by atoms with E-state index in [0.717, 1.165) is 0 Å². The molecule has 0 bridgehead atoms. The molecule has 1 aliphatic heterocycles. The maximum Gasteiger partial charge on any atom is 0.353 e. The van der Waals surface area contributed by atoms with Crippen LogP contribution in [0.1, 0.15) is 10.5 Å². The number of amides is 1. The summed E-state index contributed by atoms with van der Waals surface area (Å²) in [4.78, 5) is 22.0. The third-order valence-electron chi connectivity index (χ3n) is 2.72. The number of rotatable bonds is 2. The van der Waals surface area contributed by atoms with Crippen LogP contribution in [0.4, 0.5) is 5.69 Å². The van der Waals surface area contributed by atoms with Crippen molar-refractivity contribution in [2.45, 2.75) is 0 Å². The number of fused-ring (bicyclic) bond motifs is 1. The average Bonchev–Trinajstić information content (AvgIpc) is 2.87. The number of nitrogens with zero attached hydrogens (tertiary/aromatic N) is 1. The largest absolute Gasteiger partial charge is 0.481 e. The first-order valence-corrected chi connectivity index (χ1v) is 5.50. The number of H-pyrrole nitrogens is 1. The molecule has 0 saturated heterocycles. The number of carboxylic acids is 1. The SMILES string of the molecule is O=C1COc2c(cccc2-c2cc(C(=O)O)[nH]n2)N1. The first-order valence-electron chi connectivity index (χ1n) is 5.50. The second kappa shape index (κ2) is 4.13. The third kappa shape index (κ3) is 1.90. The Hall–Kier alpha value is -2.83. The number of carboxylic acid groups (broad SMARTS) is 1. The minimum absolute atomic E-state index is 0.00699. The van der Waals surface area contributed by atoms with Gasteiger partial charge in [-0.3, -0.25) is 9.89 Å². The van der Waals surface area contributed by atoms with Crippen LogP contribution in [0.25, 0.3) is 11.3 Å². The molecule has 2 aromatic rings. The first kappa shape index (κ1) is 11.3. The summed E-state index contributed by atoms with van der Waals surface area (Å²) in [6, 6.07) is 6.61. The number of carbonyl (C=O) groups is 2. The fourth-order valence-corrected chi connectivity index (χ4v) is 1.89. The Kier molecular flexibility index (Phi) is 2.45. The lowest BCUT2D eigenvalue weighted by Crippen LogP contribution is -2.25. The number of aromatic nitrogens is 2. The molecule has 0 aliphatic carbocycles. The number of aromatic amines is 1. The summed E-state index contributed by atoms with van der Waals surface area (Å²) in [5, 5.41) is 17.9. The summed E-state index contributed by atoms with van der Waals surface area (Å²) in [6.07, 6.45) is 0. The predicted octanol–water partition coefficient (Wildman–Crippen LogP) is 1.11. The van der Waals surface area contributed by atoms with Gasteiger partial charge in [-0.05, 0) is 18.2 Å². The molecule has 0 unspecified atom stereocenters. The van der Waals surface area contributed by atoms with Crippen molar-refractivity contribution >= 4 is 17.6 Å². The lowest BCUT2D eigenvalue weighted by molar-refractivity contribution is -0.118. The summed E-state index contributed by atoms with van der Waals surface area (Å²) < 4.78 is 5.38. The van der Waals surface area contributed by atoms with Crippen LogP contribution in [0.2, 0.25) is 0 Å². The topological polar surface area (TPSA) is 104 Å². The lowest BCUT2D eigenvalue weighted by atomic mass is 10.1. The maximum atomic E-state index is 11.2. The predicted molar refractivity (Wildman–Crippen MR) is 65.1 cm³/mol. The van der Waals surface area contributed by atoms with Gasteiger partial charge in [-0.2, -0.15) is 5.10 Å². The summed E-state index contributed by atoms with van der Waals surface area (Å²) in [6.45, 7) is -0.0692. The third-order valence-corrected chi connectivity index (χ3v) is 2.72. The molecular formula is C12H9N3O4. The van der Waals surface area contributed by atoms with Gasteiger partial charge in [-0.25, -0.2) is 4.79 Å². The highest BCUT2D eigenvalue weighted by molar-refractivity contribution is 5.97. The van der Waals surface area contributed by atoms with E-state index in [0.29, 0.717) is 22.7 Å². The number of benzene rings is 1. The molecule has 0 radical (unpaired) electrons. The number of ether oxygens (including phenoxy) is 1. The Balaban J connectivity index is 2.07. The molecule has 1 aliphatic rings. The quantitative estimate of drug-likeness (QED) is 0.749. The van der Waals surface area contributed by atoms with Gasteiger partial charge in [0, 0.05) is 5.56 Å². The monoisotopic (exact) mass is 259 g/mol. The Labute approximate surface area is 107 Å². The van der Waals surface area contributed by atoms with Crippen LogP contribution in [-0.4, -0.2) is 33.8 Å². The molecule has 1 aromatic heterocycles. The van der Waals surface area contributed by atoms with Crippen molar-refractivity contribution in [1.82, 2.24) is 10.2 Å². The van der Waals surface area contributed by atoms with Gasteiger partial charge in [0.25, 0.3) is 5.91 Å². The standard InChI is InChI=1S/C12H9N3O4/c16-10-5-19-11-6(2-1-3-7(11)13-10)8-4-9(12(17)18)15-14-8/h1-4H,5H2,(H,13,16)(H,14,15)(H,17,18). The lowest BCUT2D eigenvalue weighted by Gasteiger charge is -2.19. The molecule has 0 saturated carbocycles. The minimum Gasteiger partial charge on any atom is -0.481 e. The molecule has 1 aromatic carbocycles. The van der Waals surface area contributed by atoms with Gasteiger partial charge in [0.05, 0.1) is 11.4 Å². The van der Waals surface area contributed by atoms with Crippen molar-refractivity contribution in [2.75, 3.05) is 11.9 Å². The van der Waals surface area contributed by atoms with Gasteiger partial charge >= 0.3 is 5.97 Å². The van der Waals surface area contributed by atoms with E-state index in [4.69, 9.17) is 9.84 Å². The molecule has 7 nitrogen and oxygen atoms in total. The Morgan fingerprint density at radius 2 is 2.26 bits per heavy atom. The van der Waals surface area contributed by atoms with E-state index in [-0.39, 0.29) is 18.2 Å². The van der Waals surface area contributed by atoms with Crippen molar-refractivity contribution in [3.05, 3.63) is 30.0 Å². The summed E-state index contributed by atoms with van der Waals surface area (Å²) >= 11 is 0.